The second kappa shape index (κ2) is 5.66. The van der Waals surface area contributed by atoms with Crippen molar-refractivity contribution in [1.29, 1.82) is 0 Å². The third-order valence-electron chi connectivity index (χ3n) is 3.09. The Morgan fingerprint density at radius 2 is 2.40 bits per heavy atom. The molecule has 2 heteroatoms. The van der Waals surface area contributed by atoms with E-state index in [2.05, 4.69) is 29.8 Å². The van der Waals surface area contributed by atoms with Crippen molar-refractivity contribution < 1.29 is 0 Å². The zero-order chi connectivity index (χ0) is 10.5. The van der Waals surface area contributed by atoms with Gasteiger partial charge < -0.3 is 5.32 Å². The minimum absolute atomic E-state index is 0.616. The highest BCUT2D eigenvalue weighted by Crippen LogP contribution is 2.36. The van der Waals surface area contributed by atoms with E-state index in [9.17, 15) is 0 Å². The van der Waals surface area contributed by atoms with Gasteiger partial charge in [-0.25, -0.2) is 0 Å². The average molecular weight is 223 g/mol. The largest absolute Gasteiger partial charge is 0.309 e. The summed E-state index contributed by atoms with van der Waals surface area (Å²) in [7, 11) is 0. The van der Waals surface area contributed by atoms with Gasteiger partial charge in [-0.2, -0.15) is 0 Å². The van der Waals surface area contributed by atoms with Crippen LogP contribution in [0.2, 0.25) is 0 Å². The highest BCUT2D eigenvalue weighted by Gasteiger charge is 2.23. The Morgan fingerprint density at radius 3 is 3.00 bits per heavy atom. The van der Waals surface area contributed by atoms with Gasteiger partial charge in [0.25, 0.3) is 0 Å². The molecule has 0 spiro atoms. The summed E-state index contributed by atoms with van der Waals surface area (Å²) in [5, 5.41) is 5.85. The van der Waals surface area contributed by atoms with Crippen LogP contribution in [0.3, 0.4) is 0 Å². The molecule has 0 radical (unpaired) electrons. The average Bonchev–Trinajstić information content (AvgIpc) is 2.92. The fraction of sp³-hybridized carbons (Fsp3) is 0.692. The number of nitrogens with one attached hydrogen (secondary N) is 1. The van der Waals surface area contributed by atoms with E-state index in [-0.39, 0.29) is 0 Å². The molecule has 1 N–H and O–H groups in total. The minimum atomic E-state index is 0.616. The quantitative estimate of drug-likeness (QED) is 0.737. The monoisotopic (exact) mass is 223 g/mol. The zero-order valence-corrected chi connectivity index (χ0v) is 10.4. The van der Waals surface area contributed by atoms with E-state index in [1.165, 1.54) is 37.0 Å². The van der Waals surface area contributed by atoms with E-state index in [1.54, 1.807) is 0 Å². The van der Waals surface area contributed by atoms with Crippen LogP contribution in [0.15, 0.2) is 17.5 Å². The third kappa shape index (κ3) is 3.62. The molecule has 1 fully saturated rings. The summed E-state index contributed by atoms with van der Waals surface area (Å²) in [4.78, 5) is 1.52. The second-order valence-corrected chi connectivity index (χ2v) is 5.52. The van der Waals surface area contributed by atoms with Gasteiger partial charge in [0.15, 0.2) is 0 Å². The van der Waals surface area contributed by atoms with Crippen molar-refractivity contribution in [2.75, 3.05) is 6.54 Å². The molecular formula is C13H21NS. The van der Waals surface area contributed by atoms with Gasteiger partial charge in [-0.3, -0.25) is 0 Å². The smallest absolute Gasteiger partial charge is 0.0414 e. The molecule has 1 aliphatic carbocycles. The van der Waals surface area contributed by atoms with Crippen LogP contribution in [0.1, 0.15) is 49.9 Å². The summed E-state index contributed by atoms with van der Waals surface area (Å²) < 4.78 is 0. The molecular weight excluding hydrogens is 202 g/mol. The highest BCUT2D eigenvalue weighted by molar-refractivity contribution is 7.10. The summed E-state index contributed by atoms with van der Waals surface area (Å²) in [6.45, 7) is 3.38. The Labute approximate surface area is 96.9 Å². The lowest BCUT2D eigenvalue weighted by Crippen LogP contribution is -2.21. The summed E-state index contributed by atoms with van der Waals surface area (Å²) in [5.74, 6) is 1.05. The van der Waals surface area contributed by atoms with Gasteiger partial charge in [-0.1, -0.05) is 25.8 Å². The molecule has 0 amide bonds. The molecule has 1 unspecified atom stereocenters. The van der Waals surface area contributed by atoms with Crippen LogP contribution >= 0.6 is 11.3 Å². The van der Waals surface area contributed by atoms with Gasteiger partial charge in [0.2, 0.25) is 0 Å². The first-order chi connectivity index (χ1) is 7.40. The molecule has 1 aromatic rings. The highest BCUT2D eigenvalue weighted by atomic mass is 32.1. The summed E-state index contributed by atoms with van der Waals surface area (Å²) in [6, 6.07) is 5.05. The maximum atomic E-state index is 3.67. The van der Waals surface area contributed by atoms with Gasteiger partial charge in [0, 0.05) is 10.9 Å². The standard InChI is InChI=1S/C13H21NS/c1-2-9-14-12(8-7-11-5-6-11)13-4-3-10-15-13/h3-4,10-12,14H,2,5-9H2,1H3. The Bertz CT molecular complexity index is 264. The molecule has 1 nitrogen and oxygen atoms in total. The van der Waals surface area contributed by atoms with Crippen LogP contribution in [0.5, 0.6) is 0 Å². The maximum absolute atomic E-state index is 3.67. The minimum Gasteiger partial charge on any atom is -0.309 e. The van der Waals surface area contributed by atoms with Crippen molar-refractivity contribution in [3.8, 4) is 0 Å². The first kappa shape index (κ1) is 11.2. The Balaban J connectivity index is 1.83. The normalized spacial score (nSPS) is 17.9. The van der Waals surface area contributed by atoms with E-state index in [1.807, 2.05) is 11.3 Å². The zero-order valence-electron chi connectivity index (χ0n) is 9.54. The molecule has 15 heavy (non-hydrogen) atoms. The molecule has 1 aliphatic rings. The van der Waals surface area contributed by atoms with E-state index in [0.717, 1.165) is 12.5 Å². The van der Waals surface area contributed by atoms with Crippen LogP contribution in [0.25, 0.3) is 0 Å². The molecule has 2 rings (SSSR count). The second-order valence-electron chi connectivity index (χ2n) is 4.54. The summed E-state index contributed by atoms with van der Waals surface area (Å²) >= 11 is 1.89. The number of thiophene rings is 1. The van der Waals surface area contributed by atoms with Gasteiger partial charge in [0.1, 0.15) is 0 Å². The van der Waals surface area contributed by atoms with Gasteiger partial charge >= 0.3 is 0 Å². The fourth-order valence-electron chi connectivity index (χ4n) is 1.96. The van der Waals surface area contributed by atoms with Crippen LogP contribution < -0.4 is 5.32 Å². The first-order valence-electron chi connectivity index (χ1n) is 6.17. The Kier molecular flexibility index (Phi) is 4.21. The van der Waals surface area contributed by atoms with E-state index >= 15 is 0 Å². The lowest BCUT2D eigenvalue weighted by atomic mass is 10.1. The van der Waals surface area contributed by atoms with Crippen LogP contribution in [-0.2, 0) is 0 Å². The maximum Gasteiger partial charge on any atom is 0.0414 e. The fourth-order valence-corrected chi connectivity index (χ4v) is 2.80. The van der Waals surface area contributed by atoms with Crippen molar-refractivity contribution >= 4 is 11.3 Å². The predicted molar refractivity (Wildman–Crippen MR) is 67.3 cm³/mol. The number of rotatable bonds is 7. The molecule has 0 aliphatic heterocycles. The SMILES string of the molecule is CCCNC(CCC1CC1)c1cccs1. The lowest BCUT2D eigenvalue weighted by molar-refractivity contribution is 0.476. The molecule has 1 atom stereocenters. The van der Waals surface area contributed by atoms with Gasteiger partial charge in [-0.15, -0.1) is 11.3 Å². The van der Waals surface area contributed by atoms with E-state index in [4.69, 9.17) is 0 Å². The first-order valence-corrected chi connectivity index (χ1v) is 7.05. The molecule has 1 saturated carbocycles. The number of hydrogen-bond donors (Lipinski definition) is 1. The van der Waals surface area contributed by atoms with Crippen LogP contribution in [0.4, 0.5) is 0 Å². The Hall–Kier alpha value is -0.340. The van der Waals surface area contributed by atoms with Crippen LogP contribution in [0, 0.1) is 5.92 Å². The lowest BCUT2D eigenvalue weighted by Gasteiger charge is -2.16. The summed E-state index contributed by atoms with van der Waals surface area (Å²) in [6.07, 6.45) is 6.92. The van der Waals surface area contributed by atoms with Gasteiger partial charge in [-0.05, 0) is 43.2 Å². The molecule has 0 saturated heterocycles. The van der Waals surface area contributed by atoms with Crippen molar-refractivity contribution in [3.63, 3.8) is 0 Å². The van der Waals surface area contributed by atoms with Crippen molar-refractivity contribution in [2.45, 2.75) is 45.1 Å². The summed E-state index contributed by atoms with van der Waals surface area (Å²) in [5.41, 5.74) is 0. The molecule has 0 bridgehead atoms. The topological polar surface area (TPSA) is 12.0 Å². The van der Waals surface area contributed by atoms with Crippen molar-refractivity contribution in [3.05, 3.63) is 22.4 Å². The molecule has 84 valence electrons. The van der Waals surface area contributed by atoms with Crippen LogP contribution in [-0.4, -0.2) is 6.54 Å². The predicted octanol–water partition coefficient (Wildman–Crippen LogP) is 3.98. The Morgan fingerprint density at radius 1 is 1.53 bits per heavy atom. The van der Waals surface area contributed by atoms with Crippen molar-refractivity contribution in [1.82, 2.24) is 5.32 Å². The molecule has 1 heterocycles. The van der Waals surface area contributed by atoms with E-state index in [0.29, 0.717) is 6.04 Å². The third-order valence-corrected chi connectivity index (χ3v) is 4.07. The molecule has 1 aromatic heterocycles. The molecule has 0 aromatic carbocycles. The van der Waals surface area contributed by atoms with E-state index < -0.39 is 0 Å². The number of hydrogen-bond acceptors (Lipinski definition) is 2. The van der Waals surface area contributed by atoms with Crippen molar-refractivity contribution in [2.24, 2.45) is 5.92 Å². The van der Waals surface area contributed by atoms with Gasteiger partial charge in [0.05, 0.1) is 0 Å².